The largest absolute Gasteiger partial charge is 0.392 e. The van der Waals surface area contributed by atoms with Crippen molar-refractivity contribution in [3.05, 3.63) is 0 Å². The Hall–Kier alpha value is -0.640. The van der Waals surface area contributed by atoms with Crippen molar-refractivity contribution in [3.8, 4) is 0 Å². The maximum atomic E-state index is 12.1. The summed E-state index contributed by atoms with van der Waals surface area (Å²) < 4.78 is 0. The third-order valence-corrected chi connectivity index (χ3v) is 4.47. The molecule has 2 fully saturated rings. The Morgan fingerprint density at radius 3 is 2.50 bits per heavy atom. The fourth-order valence-corrected chi connectivity index (χ4v) is 2.99. The van der Waals surface area contributed by atoms with Gasteiger partial charge >= 0.3 is 0 Å². The van der Waals surface area contributed by atoms with E-state index in [9.17, 15) is 4.79 Å². The van der Waals surface area contributed by atoms with Gasteiger partial charge in [0, 0.05) is 6.54 Å². The highest BCUT2D eigenvalue weighted by Gasteiger charge is 2.50. The molecule has 0 heterocycles. The van der Waals surface area contributed by atoms with Gasteiger partial charge in [0.25, 0.3) is 0 Å². The lowest BCUT2D eigenvalue weighted by atomic mass is 9.62. The monoisotopic (exact) mass is 240 g/mol. The van der Waals surface area contributed by atoms with Crippen LogP contribution in [0.4, 0.5) is 0 Å². The molecule has 2 aliphatic rings. The summed E-state index contributed by atoms with van der Waals surface area (Å²) in [7, 11) is 0. The molecule has 1 amide bonds. The van der Waals surface area contributed by atoms with Crippen LogP contribution in [0.5, 0.6) is 0 Å². The van der Waals surface area contributed by atoms with E-state index in [4.69, 9.17) is 18.0 Å². The van der Waals surface area contributed by atoms with Gasteiger partial charge in [-0.25, -0.2) is 0 Å². The summed E-state index contributed by atoms with van der Waals surface area (Å²) >= 11 is 5.05. The van der Waals surface area contributed by atoms with Crippen LogP contribution in [-0.2, 0) is 4.79 Å². The van der Waals surface area contributed by atoms with E-state index in [-0.39, 0.29) is 5.91 Å². The topological polar surface area (TPSA) is 55.1 Å². The maximum absolute atomic E-state index is 12.1. The summed E-state index contributed by atoms with van der Waals surface area (Å²) in [4.78, 5) is 12.5. The van der Waals surface area contributed by atoms with Gasteiger partial charge < -0.3 is 11.1 Å². The van der Waals surface area contributed by atoms with Crippen molar-refractivity contribution in [1.29, 1.82) is 0 Å². The van der Waals surface area contributed by atoms with Crippen molar-refractivity contribution in [2.24, 2.45) is 23.0 Å². The Morgan fingerprint density at radius 1 is 1.50 bits per heavy atom. The molecule has 0 aromatic heterocycles. The summed E-state index contributed by atoms with van der Waals surface area (Å²) in [5.74, 6) is 1.31. The van der Waals surface area contributed by atoms with Crippen molar-refractivity contribution in [1.82, 2.24) is 5.32 Å². The van der Waals surface area contributed by atoms with Gasteiger partial charge in [-0.15, -0.1) is 0 Å². The first-order valence-corrected chi connectivity index (χ1v) is 6.53. The number of nitrogens with two attached hydrogens (primary N) is 1. The Balaban J connectivity index is 1.88. The van der Waals surface area contributed by atoms with Crippen LogP contribution in [0.2, 0.25) is 0 Å². The molecule has 0 spiro atoms. The number of nitrogens with one attached hydrogen (secondary N) is 1. The second-order valence-corrected chi connectivity index (χ2v) is 5.91. The van der Waals surface area contributed by atoms with E-state index in [2.05, 4.69) is 12.2 Å². The predicted octanol–water partition coefficient (Wildman–Crippen LogP) is 1.61. The van der Waals surface area contributed by atoms with Crippen LogP contribution in [0.15, 0.2) is 0 Å². The predicted molar refractivity (Wildman–Crippen MR) is 68.0 cm³/mol. The van der Waals surface area contributed by atoms with Gasteiger partial charge in [0.1, 0.15) is 0 Å². The number of carbonyl (C=O) groups is 1. The third-order valence-electron chi connectivity index (χ3n) is 4.08. The summed E-state index contributed by atoms with van der Waals surface area (Å²) in [6.07, 6.45) is 5.43. The van der Waals surface area contributed by atoms with E-state index in [0.29, 0.717) is 16.8 Å². The molecule has 0 atom stereocenters. The summed E-state index contributed by atoms with van der Waals surface area (Å²) in [6, 6.07) is 0. The van der Waals surface area contributed by atoms with Crippen LogP contribution in [0.3, 0.4) is 0 Å². The number of rotatable bonds is 4. The lowest BCUT2D eigenvalue weighted by Gasteiger charge is -2.44. The molecule has 0 aliphatic heterocycles. The minimum Gasteiger partial charge on any atom is -0.392 e. The van der Waals surface area contributed by atoms with Gasteiger partial charge in [0.05, 0.1) is 10.4 Å². The van der Waals surface area contributed by atoms with Gasteiger partial charge in [-0.3, -0.25) is 4.79 Å². The average molecular weight is 240 g/mol. The van der Waals surface area contributed by atoms with Crippen LogP contribution in [0.25, 0.3) is 0 Å². The first-order chi connectivity index (χ1) is 7.54. The molecule has 0 bridgehead atoms. The van der Waals surface area contributed by atoms with Crippen molar-refractivity contribution < 1.29 is 4.79 Å². The molecule has 2 saturated carbocycles. The number of carbonyl (C=O) groups excluding carboxylic acids is 1. The fourth-order valence-electron chi connectivity index (χ4n) is 2.73. The van der Waals surface area contributed by atoms with E-state index in [1.165, 1.54) is 19.3 Å². The van der Waals surface area contributed by atoms with E-state index in [0.717, 1.165) is 19.4 Å². The Labute approximate surface area is 102 Å². The number of amides is 1. The lowest BCUT2D eigenvalue weighted by Crippen LogP contribution is -2.56. The first-order valence-electron chi connectivity index (χ1n) is 6.13. The van der Waals surface area contributed by atoms with Gasteiger partial charge in [-0.2, -0.15) is 0 Å². The molecule has 16 heavy (non-hydrogen) atoms. The first kappa shape index (κ1) is 11.8. The van der Waals surface area contributed by atoms with Crippen LogP contribution >= 0.6 is 12.2 Å². The molecule has 3 nitrogen and oxygen atoms in total. The standard InChI is InChI=1S/C12H20N2OS/c1-8-5-12(6-8,10(13)16)11(15)14-7-9-3-2-4-9/h8-9H,2-7H2,1H3,(H2,13,16)(H,14,15). The molecule has 2 aliphatic carbocycles. The molecule has 3 N–H and O–H groups in total. The molecule has 0 aromatic rings. The Kier molecular flexibility index (Phi) is 3.19. The Bertz CT molecular complexity index is 306. The normalized spacial score (nSPS) is 33.7. The molecule has 2 rings (SSSR count). The molecule has 0 unspecified atom stereocenters. The van der Waals surface area contributed by atoms with Crippen molar-refractivity contribution >= 4 is 23.1 Å². The fraction of sp³-hybridized carbons (Fsp3) is 0.833. The number of hydrogen-bond acceptors (Lipinski definition) is 2. The van der Waals surface area contributed by atoms with E-state index in [1.807, 2.05) is 0 Å². The molecule has 0 radical (unpaired) electrons. The number of hydrogen-bond donors (Lipinski definition) is 2. The molecule has 4 heteroatoms. The van der Waals surface area contributed by atoms with Crippen molar-refractivity contribution in [3.63, 3.8) is 0 Å². The van der Waals surface area contributed by atoms with Crippen LogP contribution in [0.1, 0.15) is 39.0 Å². The van der Waals surface area contributed by atoms with Gasteiger partial charge in [0.2, 0.25) is 5.91 Å². The second-order valence-electron chi connectivity index (χ2n) is 5.47. The average Bonchev–Trinajstić information content (AvgIpc) is 2.09. The zero-order valence-electron chi connectivity index (χ0n) is 9.79. The quantitative estimate of drug-likeness (QED) is 0.734. The van der Waals surface area contributed by atoms with Gasteiger partial charge in [0.15, 0.2) is 0 Å². The minimum atomic E-state index is -0.529. The highest BCUT2D eigenvalue weighted by atomic mass is 32.1. The van der Waals surface area contributed by atoms with Crippen molar-refractivity contribution in [2.45, 2.75) is 39.0 Å². The maximum Gasteiger partial charge on any atom is 0.233 e. The summed E-state index contributed by atoms with van der Waals surface area (Å²) in [5.41, 5.74) is 5.19. The van der Waals surface area contributed by atoms with E-state index < -0.39 is 5.41 Å². The zero-order valence-corrected chi connectivity index (χ0v) is 10.6. The lowest BCUT2D eigenvalue weighted by molar-refractivity contribution is -0.133. The van der Waals surface area contributed by atoms with Gasteiger partial charge in [-0.05, 0) is 37.5 Å². The zero-order chi connectivity index (χ0) is 11.8. The highest BCUT2D eigenvalue weighted by molar-refractivity contribution is 7.80. The SMILES string of the molecule is CC1CC(C(=O)NCC2CCC2)(C(N)=S)C1. The minimum absolute atomic E-state index is 0.0602. The van der Waals surface area contributed by atoms with E-state index >= 15 is 0 Å². The number of thiocarbonyl (C=S) groups is 1. The second kappa shape index (κ2) is 4.32. The van der Waals surface area contributed by atoms with Gasteiger partial charge in [-0.1, -0.05) is 25.6 Å². The molecular weight excluding hydrogens is 220 g/mol. The Morgan fingerprint density at radius 2 is 2.12 bits per heavy atom. The molecular formula is C12H20N2OS. The van der Waals surface area contributed by atoms with Crippen molar-refractivity contribution in [2.75, 3.05) is 6.54 Å². The molecule has 90 valence electrons. The summed E-state index contributed by atoms with van der Waals surface area (Å²) in [5, 5.41) is 3.02. The van der Waals surface area contributed by atoms with E-state index in [1.54, 1.807) is 0 Å². The smallest absolute Gasteiger partial charge is 0.233 e. The molecule has 0 saturated heterocycles. The van der Waals surface area contributed by atoms with Crippen LogP contribution in [-0.4, -0.2) is 17.4 Å². The molecule has 0 aromatic carbocycles. The summed E-state index contributed by atoms with van der Waals surface area (Å²) in [6.45, 7) is 2.94. The highest BCUT2D eigenvalue weighted by Crippen LogP contribution is 2.46. The third kappa shape index (κ3) is 1.95. The van der Waals surface area contributed by atoms with Crippen LogP contribution in [0, 0.1) is 17.3 Å². The van der Waals surface area contributed by atoms with Crippen LogP contribution < -0.4 is 11.1 Å².